The quantitative estimate of drug-likeness (QED) is 0.507. The second-order valence-electron chi connectivity index (χ2n) is 9.28. The predicted octanol–water partition coefficient (Wildman–Crippen LogP) is 5.30. The third kappa shape index (κ3) is 7.07. The van der Waals surface area contributed by atoms with E-state index in [9.17, 15) is 35.9 Å². The number of rotatable bonds is 5. The molecule has 0 bridgehead atoms. The summed E-state index contributed by atoms with van der Waals surface area (Å²) in [5.41, 5.74) is -2.80. The van der Waals surface area contributed by atoms with E-state index in [4.69, 9.17) is 0 Å². The number of piperidine rings is 1. The molecule has 1 N–H and O–H groups in total. The molecule has 0 aliphatic carbocycles. The zero-order valence-electron chi connectivity index (χ0n) is 19.8. The molecule has 3 heterocycles. The number of carbonyl (C=O) groups excluding carboxylic acids is 2. The van der Waals surface area contributed by atoms with Gasteiger partial charge in [0.05, 0.1) is 22.6 Å². The van der Waals surface area contributed by atoms with Gasteiger partial charge in [-0.25, -0.2) is 0 Å². The molecular formula is C24H26F6N4O2S. The average Bonchev–Trinajstić information content (AvgIpc) is 3.47. The van der Waals surface area contributed by atoms with Crippen molar-refractivity contribution in [2.24, 2.45) is 10.9 Å². The Kier molecular flexibility index (Phi) is 8.22. The summed E-state index contributed by atoms with van der Waals surface area (Å²) in [6.07, 6.45) is -4.71. The van der Waals surface area contributed by atoms with Gasteiger partial charge in [0.2, 0.25) is 5.91 Å². The van der Waals surface area contributed by atoms with Gasteiger partial charge < -0.3 is 10.2 Å². The summed E-state index contributed by atoms with van der Waals surface area (Å²) < 4.78 is 79.2. The monoisotopic (exact) mass is 548 g/mol. The summed E-state index contributed by atoms with van der Waals surface area (Å²) in [6, 6.07) is 1.75. The Morgan fingerprint density at radius 1 is 1.05 bits per heavy atom. The van der Waals surface area contributed by atoms with Crippen molar-refractivity contribution < 1.29 is 35.9 Å². The first-order valence-electron chi connectivity index (χ1n) is 11.9. The highest BCUT2D eigenvalue weighted by Crippen LogP contribution is 2.38. The topological polar surface area (TPSA) is 65.0 Å². The van der Waals surface area contributed by atoms with E-state index in [0.717, 1.165) is 43.8 Å². The molecule has 37 heavy (non-hydrogen) atoms. The molecule has 0 aromatic heterocycles. The third-order valence-corrected chi connectivity index (χ3v) is 7.47. The zero-order valence-corrected chi connectivity index (χ0v) is 20.6. The molecule has 4 rings (SSSR count). The Morgan fingerprint density at radius 3 is 2.35 bits per heavy atom. The van der Waals surface area contributed by atoms with Crippen molar-refractivity contribution in [2.75, 3.05) is 32.7 Å². The molecule has 2 fully saturated rings. The molecule has 202 valence electrons. The van der Waals surface area contributed by atoms with Crippen LogP contribution in [0.5, 0.6) is 0 Å². The highest BCUT2D eigenvalue weighted by Gasteiger charge is 2.38. The largest absolute Gasteiger partial charge is 0.416 e. The number of thioether (sulfide) groups is 1. The highest BCUT2D eigenvalue weighted by molar-refractivity contribution is 8.18. The number of amidine groups is 1. The fraction of sp³-hybridized carbons (Fsp3) is 0.542. The van der Waals surface area contributed by atoms with Crippen LogP contribution in [0.1, 0.15) is 42.4 Å². The molecule has 1 aromatic carbocycles. The summed E-state index contributed by atoms with van der Waals surface area (Å²) >= 11 is 0.963. The molecule has 13 heteroatoms. The van der Waals surface area contributed by atoms with Crippen LogP contribution < -0.4 is 5.32 Å². The van der Waals surface area contributed by atoms with Crippen LogP contribution in [-0.2, 0) is 23.7 Å². The van der Waals surface area contributed by atoms with Gasteiger partial charge in [0, 0.05) is 19.6 Å². The lowest BCUT2D eigenvalue weighted by Gasteiger charge is -2.31. The molecule has 6 nitrogen and oxygen atoms in total. The van der Waals surface area contributed by atoms with E-state index >= 15 is 0 Å². The Hall–Kier alpha value is -2.54. The minimum absolute atomic E-state index is 0.0388. The SMILES string of the molecule is O=C1N=C(NCC(=O)N2CCCC2)/C(=C/C2CCN(Cc3ccc(C(F)(F)F)cc3C(F)(F)F)CC2)S1. The van der Waals surface area contributed by atoms with Gasteiger partial charge in [0.1, 0.15) is 5.84 Å². The van der Waals surface area contributed by atoms with Gasteiger partial charge in [-0.05, 0) is 74.1 Å². The van der Waals surface area contributed by atoms with Gasteiger partial charge in [-0.15, -0.1) is 0 Å². The maximum absolute atomic E-state index is 13.5. The maximum Gasteiger partial charge on any atom is 0.416 e. The number of nitrogens with zero attached hydrogens (tertiary/aromatic N) is 3. The first-order valence-corrected chi connectivity index (χ1v) is 12.8. The van der Waals surface area contributed by atoms with Crippen molar-refractivity contribution in [3.63, 3.8) is 0 Å². The molecular weight excluding hydrogens is 522 g/mol. The average molecular weight is 549 g/mol. The Labute approximate surface area is 214 Å². The lowest BCUT2D eigenvalue weighted by molar-refractivity contribution is -0.143. The minimum atomic E-state index is -4.90. The number of likely N-dealkylation sites (tertiary alicyclic amines) is 2. The van der Waals surface area contributed by atoms with Crippen LogP contribution in [0.3, 0.4) is 0 Å². The number of hydrogen-bond donors (Lipinski definition) is 1. The Balaban J connectivity index is 1.35. The first kappa shape index (κ1) is 27.5. The number of hydrogen-bond acceptors (Lipinski definition) is 5. The van der Waals surface area contributed by atoms with Crippen molar-refractivity contribution in [3.05, 3.63) is 45.9 Å². The van der Waals surface area contributed by atoms with Gasteiger partial charge >= 0.3 is 17.6 Å². The number of alkyl halides is 6. The molecule has 0 atom stereocenters. The summed E-state index contributed by atoms with van der Waals surface area (Å²) in [7, 11) is 0. The van der Waals surface area contributed by atoms with E-state index in [1.807, 2.05) is 6.08 Å². The van der Waals surface area contributed by atoms with Gasteiger partial charge in [-0.1, -0.05) is 12.1 Å². The second kappa shape index (κ2) is 11.1. The van der Waals surface area contributed by atoms with Crippen LogP contribution in [-0.4, -0.2) is 59.5 Å². The van der Waals surface area contributed by atoms with E-state index in [1.54, 1.807) is 9.80 Å². The minimum Gasteiger partial charge on any atom is -0.360 e. The molecule has 2 amide bonds. The molecule has 0 radical (unpaired) electrons. The fourth-order valence-electron chi connectivity index (χ4n) is 4.68. The van der Waals surface area contributed by atoms with Gasteiger partial charge in [0.15, 0.2) is 0 Å². The van der Waals surface area contributed by atoms with E-state index in [2.05, 4.69) is 10.3 Å². The molecule has 0 spiro atoms. The normalized spacial score (nSPS) is 21.1. The number of nitrogens with one attached hydrogen (secondary N) is 1. The number of allylic oxidation sites excluding steroid dienone is 1. The van der Waals surface area contributed by atoms with Crippen LogP contribution in [0.2, 0.25) is 0 Å². The summed E-state index contributed by atoms with van der Waals surface area (Å²) in [4.78, 5) is 32.3. The lowest BCUT2D eigenvalue weighted by Crippen LogP contribution is -2.38. The third-order valence-electron chi connectivity index (χ3n) is 6.66. The smallest absolute Gasteiger partial charge is 0.360 e. The summed E-state index contributed by atoms with van der Waals surface area (Å²) in [5, 5.41) is 2.57. The van der Waals surface area contributed by atoms with E-state index in [0.29, 0.717) is 42.7 Å². The van der Waals surface area contributed by atoms with Crippen LogP contribution in [0.25, 0.3) is 0 Å². The van der Waals surface area contributed by atoms with Crippen molar-refractivity contribution in [1.29, 1.82) is 0 Å². The zero-order chi connectivity index (χ0) is 26.8. The molecule has 0 saturated carbocycles. The van der Waals surface area contributed by atoms with Gasteiger partial charge in [-0.2, -0.15) is 31.3 Å². The first-order chi connectivity index (χ1) is 17.4. The molecule has 1 aromatic rings. The summed E-state index contributed by atoms with van der Waals surface area (Å²) in [6.45, 7) is 2.25. The van der Waals surface area contributed by atoms with Gasteiger partial charge in [0.25, 0.3) is 0 Å². The van der Waals surface area contributed by atoms with E-state index in [1.165, 1.54) is 0 Å². The number of amides is 2. The van der Waals surface area contributed by atoms with E-state index in [-0.39, 0.29) is 41.8 Å². The number of halogens is 6. The maximum atomic E-state index is 13.5. The van der Waals surface area contributed by atoms with Crippen LogP contribution in [0.15, 0.2) is 34.2 Å². The van der Waals surface area contributed by atoms with Crippen LogP contribution in [0, 0.1) is 5.92 Å². The van der Waals surface area contributed by atoms with Crippen molar-refractivity contribution in [3.8, 4) is 0 Å². The fourth-order valence-corrected chi connectivity index (χ4v) is 5.48. The number of carbonyl (C=O) groups is 2. The van der Waals surface area contributed by atoms with E-state index < -0.39 is 23.5 Å². The van der Waals surface area contributed by atoms with Crippen molar-refractivity contribution in [1.82, 2.24) is 15.1 Å². The second-order valence-corrected chi connectivity index (χ2v) is 10.3. The van der Waals surface area contributed by atoms with Crippen LogP contribution >= 0.6 is 11.8 Å². The van der Waals surface area contributed by atoms with Crippen LogP contribution in [0.4, 0.5) is 31.1 Å². The molecule has 2 saturated heterocycles. The van der Waals surface area contributed by atoms with Crippen molar-refractivity contribution in [2.45, 2.75) is 44.6 Å². The lowest BCUT2D eigenvalue weighted by atomic mass is 9.95. The predicted molar refractivity (Wildman–Crippen MR) is 127 cm³/mol. The number of aliphatic imine (C=N–C) groups is 1. The molecule has 3 aliphatic rings. The standard InChI is InChI=1S/C24H26F6N4O2S/c25-23(26,27)17-4-3-16(18(12-17)24(28,29)30)14-33-9-5-15(6-10-33)11-19-21(32-22(36)37-19)31-13-20(35)34-7-1-2-8-34/h3-4,11-12,15H,1-2,5-10,13-14H2,(H,31,32,36)/b19-11-. The number of benzene rings is 1. The molecule has 3 aliphatic heterocycles. The molecule has 0 unspecified atom stereocenters. The van der Waals surface area contributed by atoms with Crippen molar-refractivity contribution >= 4 is 28.7 Å². The highest BCUT2D eigenvalue weighted by atomic mass is 32.2. The summed E-state index contributed by atoms with van der Waals surface area (Å²) in [5.74, 6) is 0.337. The Bertz CT molecular complexity index is 1090. The van der Waals surface area contributed by atoms with Gasteiger partial charge in [-0.3, -0.25) is 14.5 Å². The Morgan fingerprint density at radius 2 is 1.73 bits per heavy atom.